The van der Waals surface area contributed by atoms with Crippen LogP contribution in [0.15, 0.2) is 30.3 Å². The van der Waals surface area contributed by atoms with E-state index in [9.17, 15) is 4.79 Å². The number of anilines is 1. The van der Waals surface area contributed by atoms with Gasteiger partial charge in [-0.2, -0.15) is 0 Å². The van der Waals surface area contributed by atoms with Crippen molar-refractivity contribution in [2.24, 2.45) is 17.6 Å². The van der Waals surface area contributed by atoms with Crippen LogP contribution in [0, 0.1) is 11.8 Å². The molecule has 19 heavy (non-hydrogen) atoms. The van der Waals surface area contributed by atoms with E-state index in [1.165, 1.54) is 0 Å². The zero-order valence-corrected chi connectivity index (χ0v) is 12.4. The third-order valence-electron chi connectivity index (χ3n) is 3.14. The van der Waals surface area contributed by atoms with E-state index >= 15 is 0 Å². The predicted molar refractivity (Wildman–Crippen MR) is 80.9 cm³/mol. The van der Waals surface area contributed by atoms with Crippen LogP contribution in [0.25, 0.3) is 0 Å². The van der Waals surface area contributed by atoms with Crippen LogP contribution in [-0.4, -0.2) is 11.4 Å². The van der Waals surface area contributed by atoms with Crippen molar-refractivity contribution in [3.63, 3.8) is 0 Å². The molecule has 3 heteroatoms. The molecule has 0 unspecified atom stereocenters. The Balaban J connectivity index is 3.04. The fourth-order valence-corrected chi connectivity index (χ4v) is 2.64. The van der Waals surface area contributed by atoms with E-state index in [0.717, 1.165) is 18.5 Å². The van der Waals surface area contributed by atoms with Crippen molar-refractivity contribution < 1.29 is 4.79 Å². The lowest BCUT2D eigenvalue weighted by atomic mass is 9.81. The zero-order chi connectivity index (χ0) is 14.5. The first-order chi connectivity index (χ1) is 8.85. The van der Waals surface area contributed by atoms with Gasteiger partial charge in [0, 0.05) is 5.69 Å². The first-order valence-electron chi connectivity index (χ1n) is 6.99. The molecule has 1 rings (SSSR count). The molecule has 0 saturated carbocycles. The molecule has 1 aromatic rings. The molecule has 0 aliphatic carbocycles. The topological polar surface area (TPSA) is 55.1 Å². The molecular formula is C16H26N2O. The minimum atomic E-state index is -0.663. The van der Waals surface area contributed by atoms with E-state index in [1.54, 1.807) is 0 Å². The molecule has 3 N–H and O–H groups in total. The third-order valence-corrected chi connectivity index (χ3v) is 3.14. The van der Waals surface area contributed by atoms with E-state index in [4.69, 9.17) is 5.73 Å². The second kappa shape index (κ2) is 6.60. The smallest absolute Gasteiger partial charge is 0.243 e. The standard InChI is InChI=1S/C16H26N2O/c1-12(2)10-16(15(17)19,11-13(3)4)18-14-8-6-5-7-9-14/h5-9,12-13,18H,10-11H2,1-4H3,(H2,17,19). The highest BCUT2D eigenvalue weighted by Crippen LogP contribution is 2.29. The lowest BCUT2D eigenvalue weighted by Gasteiger charge is -2.35. The van der Waals surface area contributed by atoms with Gasteiger partial charge in [0.15, 0.2) is 0 Å². The van der Waals surface area contributed by atoms with Crippen molar-refractivity contribution in [3.05, 3.63) is 30.3 Å². The van der Waals surface area contributed by atoms with Crippen LogP contribution in [0.5, 0.6) is 0 Å². The number of rotatable bonds is 7. The van der Waals surface area contributed by atoms with Gasteiger partial charge in [-0.25, -0.2) is 0 Å². The second-order valence-corrected chi connectivity index (χ2v) is 6.13. The lowest BCUT2D eigenvalue weighted by molar-refractivity contribution is -0.123. The number of benzene rings is 1. The van der Waals surface area contributed by atoms with Crippen LogP contribution in [-0.2, 0) is 4.79 Å². The lowest BCUT2D eigenvalue weighted by Crippen LogP contribution is -2.52. The summed E-state index contributed by atoms with van der Waals surface area (Å²) >= 11 is 0. The normalized spacial score (nSPS) is 11.9. The van der Waals surface area contributed by atoms with Gasteiger partial charge < -0.3 is 11.1 Å². The summed E-state index contributed by atoms with van der Waals surface area (Å²) in [7, 11) is 0. The van der Waals surface area contributed by atoms with E-state index < -0.39 is 5.54 Å². The number of primary amides is 1. The Morgan fingerprint density at radius 1 is 1.11 bits per heavy atom. The molecule has 0 saturated heterocycles. The van der Waals surface area contributed by atoms with Gasteiger partial charge in [-0.1, -0.05) is 45.9 Å². The maximum absolute atomic E-state index is 12.1. The molecule has 0 aliphatic heterocycles. The number of nitrogens with one attached hydrogen (secondary N) is 1. The fraction of sp³-hybridized carbons (Fsp3) is 0.562. The Bertz CT molecular complexity index is 388. The predicted octanol–water partition coefficient (Wildman–Crippen LogP) is 3.41. The van der Waals surface area contributed by atoms with Crippen LogP contribution in [0.4, 0.5) is 5.69 Å². The van der Waals surface area contributed by atoms with Crippen LogP contribution in [0.3, 0.4) is 0 Å². The van der Waals surface area contributed by atoms with Gasteiger partial charge in [0.2, 0.25) is 5.91 Å². The number of carbonyl (C=O) groups excluding carboxylic acids is 1. The molecule has 1 aromatic carbocycles. The maximum Gasteiger partial charge on any atom is 0.243 e. The summed E-state index contributed by atoms with van der Waals surface area (Å²) in [6.45, 7) is 8.46. The molecular weight excluding hydrogens is 236 g/mol. The van der Waals surface area contributed by atoms with Gasteiger partial charge in [-0.15, -0.1) is 0 Å². The van der Waals surface area contributed by atoms with Crippen molar-refractivity contribution in [1.29, 1.82) is 0 Å². The van der Waals surface area contributed by atoms with E-state index in [0.29, 0.717) is 11.8 Å². The Labute approximate surface area is 116 Å². The van der Waals surface area contributed by atoms with Crippen molar-refractivity contribution in [2.75, 3.05) is 5.32 Å². The molecule has 106 valence electrons. The monoisotopic (exact) mass is 262 g/mol. The van der Waals surface area contributed by atoms with Gasteiger partial charge >= 0.3 is 0 Å². The van der Waals surface area contributed by atoms with E-state index in [1.807, 2.05) is 30.3 Å². The SMILES string of the molecule is CC(C)CC(CC(C)C)(Nc1ccccc1)C(N)=O. The second-order valence-electron chi connectivity index (χ2n) is 6.13. The minimum absolute atomic E-state index is 0.265. The molecule has 0 bridgehead atoms. The number of carbonyl (C=O) groups is 1. The van der Waals surface area contributed by atoms with Gasteiger partial charge in [0.1, 0.15) is 5.54 Å². The van der Waals surface area contributed by atoms with Gasteiger partial charge in [0.25, 0.3) is 0 Å². The average molecular weight is 262 g/mol. The molecule has 0 aromatic heterocycles. The summed E-state index contributed by atoms with van der Waals surface area (Å²) in [6, 6.07) is 9.82. The van der Waals surface area contributed by atoms with Crippen LogP contribution < -0.4 is 11.1 Å². The van der Waals surface area contributed by atoms with Crippen LogP contribution in [0.1, 0.15) is 40.5 Å². The summed E-state index contributed by atoms with van der Waals surface area (Å²) in [5.41, 5.74) is 6.00. The van der Waals surface area contributed by atoms with Crippen LogP contribution in [0.2, 0.25) is 0 Å². The van der Waals surface area contributed by atoms with Crippen molar-refractivity contribution in [3.8, 4) is 0 Å². The Morgan fingerprint density at radius 3 is 1.95 bits per heavy atom. The number of nitrogens with two attached hydrogens (primary N) is 1. The fourth-order valence-electron chi connectivity index (χ4n) is 2.64. The molecule has 0 heterocycles. The largest absolute Gasteiger partial charge is 0.371 e. The van der Waals surface area contributed by atoms with Gasteiger partial charge in [0.05, 0.1) is 0 Å². The third kappa shape index (κ3) is 4.58. The van der Waals surface area contributed by atoms with Crippen LogP contribution >= 0.6 is 0 Å². The van der Waals surface area contributed by atoms with E-state index in [2.05, 4.69) is 33.0 Å². The van der Waals surface area contributed by atoms with Gasteiger partial charge in [-0.3, -0.25) is 4.79 Å². The van der Waals surface area contributed by atoms with Gasteiger partial charge in [-0.05, 0) is 36.8 Å². The molecule has 0 radical (unpaired) electrons. The number of para-hydroxylation sites is 1. The van der Waals surface area contributed by atoms with Crippen molar-refractivity contribution >= 4 is 11.6 Å². The Kier molecular flexibility index (Phi) is 5.40. The maximum atomic E-state index is 12.1. The highest BCUT2D eigenvalue weighted by atomic mass is 16.1. The van der Waals surface area contributed by atoms with Crippen molar-refractivity contribution in [1.82, 2.24) is 0 Å². The number of hydrogen-bond acceptors (Lipinski definition) is 2. The molecule has 0 fully saturated rings. The summed E-state index contributed by atoms with van der Waals surface area (Å²) in [5.74, 6) is 0.545. The summed E-state index contributed by atoms with van der Waals surface area (Å²) < 4.78 is 0. The number of amides is 1. The average Bonchev–Trinajstić information content (AvgIpc) is 2.27. The van der Waals surface area contributed by atoms with Crippen molar-refractivity contribution in [2.45, 2.75) is 46.1 Å². The molecule has 3 nitrogen and oxygen atoms in total. The molecule has 0 spiro atoms. The quantitative estimate of drug-likeness (QED) is 0.791. The highest BCUT2D eigenvalue weighted by molar-refractivity contribution is 5.88. The number of hydrogen-bond donors (Lipinski definition) is 2. The summed E-state index contributed by atoms with van der Waals surface area (Å²) in [4.78, 5) is 12.1. The summed E-state index contributed by atoms with van der Waals surface area (Å²) in [5, 5.41) is 3.38. The Hall–Kier alpha value is -1.51. The minimum Gasteiger partial charge on any atom is -0.371 e. The first kappa shape index (κ1) is 15.5. The Morgan fingerprint density at radius 2 is 1.58 bits per heavy atom. The molecule has 0 atom stereocenters. The zero-order valence-electron chi connectivity index (χ0n) is 12.4. The van der Waals surface area contributed by atoms with E-state index in [-0.39, 0.29) is 5.91 Å². The first-order valence-corrected chi connectivity index (χ1v) is 6.99. The summed E-state index contributed by atoms with van der Waals surface area (Å²) in [6.07, 6.45) is 1.49. The molecule has 1 amide bonds. The highest BCUT2D eigenvalue weighted by Gasteiger charge is 2.37. The molecule has 0 aliphatic rings.